The minimum absolute atomic E-state index is 0.0175. The first-order chi connectivity index (χ1) is 39.9. The van der Waals surface area contributed by atoms with E-state index in [2.05, 4.69) is 38.2 Å². The van der Waals surface area contributed by atoms with E-state index in [0.29, 0.717) is 17.4 Å². The van der Waals surface area contributed by atoms with E-state index in [1.54, 1.807) is 0 Å². The first-order valence-corrected chi connectivity index (χ1v) is 37.6. The lowest BCUT2D eigenvalue weighted by molar-refractivity contribution is -0.870. The molecule has 0 aromatic rings. The van der Waals surface area contributed by atoms with Gasteiger partial charge in [-0.2, -0.15) is 0 Å². The summed E-state index contributed by atoms with van der Waals surface area (Å²) in [6.07, 6.45) is 75.9. The number of quaternary nitrogens is 1. The summed E-state index contributed by atoms with van der Waals surface area (Å²) in [6, 6.07) is -0.882. The number of carbonyl (C=O) groups excluding carboxylic acids is 2. The second-order valence-corrected chi connectivity index (χ2v) is 27.5. The van der Waals surface area contributed by atoms with Crippen molar-refractivity contribution in [1.29, 1.82) is 0 Å². The highest BCUT2D eigenvalue weighted by Gasteiger charge is 2.27. The van der Waals surface area contributed by atoms with Crippen LogP contribution in [0.3, 0.4) is 0 Å². The van der Waals surface area contributed by atoms with Crippen LogP contribution in [0.2, 0.25) is 0 Å². The van der Waals surface area contributed by atoms with Crippen LogP contribution in [0.5, 0.6) is 0 Å². The van der Waals surface area contributed by atoms with Gasteiger partial charge >= 0.3 is 5.97 Å². The first-order valence-electron chi connectivity index (χ1n) is 36.1. The molecule has 0 aromatic carbocycles. The van der Waals surface area contributed by atoms with Crippen LogP contribution in [0.4, 0.5) is 0 Å². The van der Waals surface area contributed by atoms with Crippen LogP contribution in [0.1, 0.15) is 374 Å². The molecule has 3 atom stereocenters. The van der Waals surface area contributed by atoms with Crippen molar-refractivity contribution in [3.05, 3.63) is 24.3 Å². The van der Waals surface area contributed by atoms with Crippen molar-refractivity contribution in [1.82, 2.24) is 5.32 Å². The molecule has 0 fully saturated rings. The van der Waals surface area contributed by atoms with E-state index in [1.165, 1.54) is 283 Å². The molecular weight excluding hydrogens is 1040 g/mol. The maximum atomic E-state index is 13.6. The zero-order valence-electron chi connectivity index (χ0n) is 55.7. The molecule has 0 spiro atoms. The Kier molecular flexibility index (Phi) is 61.4. The maximum absolute atomic E-state index is 13.6. The average Bonchev–Trinajstić information content (AvgIpc) is 3.45. The lowest BCUT2D eigenvalue weighted by Gasteiger charge is -2.30. The number of ether oxygens (including phenoxy) is 1. The van der Waals surface area contributed by atoms with Gasteiger partial charge in [0.15, 0.2) is 0 Å². The SMILES string of the molecule is CCCCCCCC/C=C/CCCCCCCCCCCCCCCCCCCC(=O)OC(/C=C\CCCCCCCCCCCCC)C(COP(=O)([O-])OCC[N+](C)(C)C)NC(=O)CCCCCCCCCCCCCCCCCC. The van der Waals surface area contributed by atoms with E-state index in [9.17, 15) is 19.0 Å². The number of nitrogens with one attached hydrogen (secondary N) is 1. The second-order valence-electron chi connectivity index (χ2n) is 26.1. The fourth-order valence-corrected chi connectivity index (χ4v) is 11.8. The molecule has 82 heavy (non-hydrogen) atoms. The molecule has 486 valence electrons. The topological polar surface area (TPSA) is 114 Å². The quantitative estimate of drug-likeness (QED) is 0.0212. The normalized spacial score (nSPS) is 13.6. The third-order valence-corrected chi connectivity index (χ3v) is 17.6. The predicted molar refractivity (Wildman–Crippen MR) is 353 cm³/mol. The minimum atomic E-state index is -4.70. The summed E-state index contributed by atoms with van der Waals surface area (Å²) < 4.78 is 30.5. The Morgan fingerprint density at radius 2 is 0.707 bits per heavy atom. The Labute approximate surface area is 511 Å². The van der Waals surface area contributed by atoms with E-state index in [4.69, 9.17) is 13.8 Å². The Hall–Kier alpha value is -1.51. The highest BCUT2D eigenvalue weighted by atomic mass is 31.2. The molecule has 9 nitrogen and oxygen atoms in total. The minimum Gasteiger partial charge on any atom is -0.756 e. The van der Waals surface area contributed by atoms with Gasteiger partial charge < -0.3 is 28.5 Å². The van der Waals surface area contributed by atoms with E-state index >= 15 is 0 Å². The standard InChI is InChI=1S/C72H141N2O7P/c1-7-10-13-16-19-22-25-28-30-32-33-34-35-36-37-38-39-40-41-42-44-47-50-53-56-59-62-65-72(76)81-70(63-60-57-54-51-48-45-27-24-21-18-15-12-9-3)69(68-80-82(77,78)79-67-66-74(4,5)6)73-71(75)64-61-58-55-52-49-46-43-31-29-26-23-20-17-14-11-8-2/h28,30,60,63,69-70H,7-27,29,31-59,61-62,64-68H2,1-6H3,(H-,73,75,77,78)/b30-28+,63-60-. The molecule has 0 bridgehead atoms. The van der Waals surface area contributed by atoms with Crippen LogP contribution in [-0.2, 0) is 27.9 Å². The van der Waals surface area contributed by atoms with Crippen molar-refractivity contribution < 1.29 is 37.3 Å². The number of carbonyl (C=O) groups is 2. The molecule has 0 aliphatic heterocycles. The van der Waals surface area contributed by atoms with Gasteiger partial charge in [0, 0.05) is 12.8 Å². The van der Waals surface area contributed by atoms with Gasteiger partial charge in [-0.1, -0.05) is 328 Å². The number of phosphoric acid groups is 1. The van der Waals surface area contributed by atoms with Crippen molar-refractivity contribution in [2.45, 2.75) is 386 Å². The zero-order chi connectivity index (χ0) is 60.0. The van der Waals surface area contributed by atoms with E-state index in [1.807, 2.05) is 33.3 Å². The molecule has 0 aliphatic rings. The summed E-state index contributed by atoms with van der Waals surface area (Å²) in [4.78, 5) is 40.2. The molecule has 3 unspecified atom stereocenters. The number of amides is 1. The second kappa shape index (κ2) is 62.5. The van der Waals surface area contributed by atoms with E-state index in [0.717, 1.165) is 57.8 Å². The molecule has 1 amide bonds. The highest BCUT2D eigenvalue weighted by molar-refractivity contribution is 7.45. The van der Waals surface area contributed by atoms with Crippen LogP contribution in [0.15, 0.2) is 24.3 Å². The molecule has 0 saturated carbocycles. The van der Waals surface area contributed by atoms with E-state index in [-0.39, 0.29) is 31.5 Å². The number of nitrogens with zero attached hydrogens (tertiary/aromatic N) is 1. The van der Waals surface area contributed by atoms with Crippen LogP contribution < -0.4 is 10.2 Å². The smallest absolute Gasteiger partial charge is 0.306 e. The predicted octanol–water partition coefficient (Wildman–Crippen LogP) is 22.2. The van der Waals surface area contributed by atoms with Crippen molar-refractivity contribution in [3.8, 4) is 0 Å². The number of allylic oxidation sites excluding steroid dienone is 3. The van der Waals surface area contributed by atoms with Gasteiger partial charge in [-0.25, -0.2) is 0 Å². The molecule has 0 aliphatic carbocycles. The summed E-state index contributed by atoms with van der Waals surface area (Å²) >= 11 is 0. The molecule has 0 rings (SSSR count). The number of rotatable bonds is 67. The van der Waals surface area contributed by atoms with E-state index < -0.39 is 20.0 Å². The van der Waals surface area contributed by atoms with Crippen molar-refractivity contribution >= 4 is 19.7 Å². The Balaban J connectivity index is 4.98. The fraction of sp³-hybridized carbons (Fsp3) is 0.917. The van der Waals surface area contributed by atoms with Crippen LogP contribution >= 0.6 is 7.82 Å². The van der Waals surface area contributed by atoms with Gasteiger partial charge in [0.25, 0.3) is 7.82 Å². The summed E-state index contributed by atoms with van der Waals surface area (Å²) in [6.45, 7) is 6.91. The van der Waals surface area contributed by atoms with Gasteiger partial charge in [0.2, 0.25) is 5.91 Å². The van der Waals surface area contributed by atoms with Gasteiger partial charge in [-0.15, -0.1) is 0 Å². The number of phosphoric ester groups is 1. The Morgan fingerprint density at radius 3 is 1.04 bits per heavy atom. The molecule has 0 radical (unpaired) electrons. The highest BCUT2D eigenvalue weighted by Crippen LogP contribution is 2.38. The molecular formula is C72H141N2O7P. The van der Waals surface area contributed by atoms with Gasteiger partial charge in [0.1, 0.15) is 19.3 Å². The molecule has 1 N–H and O–H groups in total. The first kappa shape index (κ1) is 80.5. The number of esters is 1. The number of hydrogen-bond donors (Lipinski definition) is 1. The van der Waals surface area contributed by atoms with Crippen molar-refractivity contribution in [2.24, 2.45) is 0 Å². The van der Waals surface area contributed by atoms with Crippen molar-refractivity contribution in [3.63, 3.8) is 0 Å². The van der Waals surface area contributed by atoms with Gasteiger partial charge in [-0.05, 0) is 57.4 Å². The summed E-state index contributed by atoms with van der Waals surface area (Å²) in [5, 5.41) is 3.05. The third-order valence-electron chi connectivity index (χ3n) is 16.6. The molecule has 10 heteroatoms. The van der Waals surface area contributed by atoms with Gasteiger partial charge in [0.05, 0.1) is 33.8 Å². The number of unbranched alkanes of at least 4 members (excludes halogenated alkanes) is 49. The summed E-state index contributed by atoms with van der Waals surface area (Å²) in [5.41, 5.74) is 0. The largest absolute Gasteiger partial charge is 0.756 e. The Bertz CT molecular complexity index is 1450. The zero-order valence-corrected chi connectivity index (χ0v) is 56.6. The number of hydrogen-bond acceptors (Lipinski definition) is 7. The van der Waals surface area contributed by atoms with Crippen LogP contribution in [0.25, 0.3) is 0 Å². The van der Waals surface area contributed by atoms with Gasteiger partial charge in [-0.3, -0.25) is 14.2 Å². The molecule has 0 heterocycles. The average molecular weight is 1180 g/mol. The fourth-order valence-electron chi connectivity index (χ4n) is 11.1. The number of likely N-dealkylation sites (N-methyl/N-ethyl adjacent to an activating group) is 1. The van der Waals surface area contributed by atoms with Crippen LogP contribution in [-0.4, -0.2) is 69.4 Å². The third kappa shape index (κ3) is 63.0. The summed E-state index contributed by atoms with van der Waals surface area (Å²) in [7, 11) is 1.21. The molecule has 0 saturated heterocycles. The summed E-state index contributed by atoms with van der Waals surface area (Å²) in [5.74, 6) is -0.516. The molecule has 0 aromatic heterocycles. The monoisotopic (exact) mass is 1180 g/mol. The van der Waals surface area contributed by atoms with Crippen LogP contribution in [0, 0.1) is 0 Å². The lowest BCUT2D eigenvalue weighted by Crippen LogP contribution is -2.47. The Morgan fingerprint density at radius 1 is 0.415 bits per heavy atom. The van der Waals surface area contributed by atoms with Crippen molar-refractivity contribution in [2.75, 3.05) is 40.9 Å². The maximum Gasteiger partial charge on any atom is 0.306 e. The lowest BCUT2D eigenvalue weighted by atomic mass is 10.0.